The van der Waals surface area contributed by atoms with Crippen LogP contribution in [0, 0.1) is 11.3 Å². The van der Waals surface area contributed by atoms with Crippen molar-refractivity contribution in [3.8, 4) is 17.6 Å². The van der Waals surface area contributed by atoms with E-state index in [-0.39, 0.29) is 16.9 Å². The zero-order chi connectivity index (χ0) is 24.4. The van der Waals surface area contributed by atoms with E-state index in [1.165, 1.54) is 0 Å². The van der Waals surface area contributed by atoms with Gasteiger partial charge in [0.1, 0.15) is 11.5 Å². The molecule has 2 rings (SSSR count). The lowest BCUT2D eigenvalue weighted by atomic mass is 9.99. The number of anilines is 2. The summed E-state index contributed by atoms with van der Waals surface area (Å²) in [7, 11) is 0. The van der Waals surface area contributed by atoms with E-state index in [1.807, 2.05) is 0 Å². The molecule has 0 saturated carbocycles. The lowest BCUT2D eigenvalue weighted by Crippen LogP contribution is -2.65. The summed E-state index contributed by atoms with van der Waals surface area (Å²) in [4.78, 5) is 0. The van der Waals surface area contributed by atoms with Gasteiger partial charge in [-0.25, -0.2) is 0 Å². The minimum Gasteiger partial charge on any atom is -0.487 e. The zero-order valence-corrected chi connectivity index (χ0v) is 15.9. The van der Waals surface area contributed by atoms with Crippen LogP contribution < -0.4 is 20.9 Å². The fourth-order valence-electron chi connectivity index (χ4n) is 2.31. The quantitative estimate of drug-likeness (QED) is 0.410. The zero-order valence-electron chi connectivity index (χ0n) is 15.9. The first kappa shape index (κ1) is 24.8. The van der Waals surface area contributed by atoms with Gasteiger partial charge in [-0.05, 0) is 42.5 Å². The van der Waals surface area contributed by atoms with Gasteiger partial charge in [0.25, 0.3) is 0 Å². The number of rotatable bonds is 9. The van der Waals surface area contributed by atoms with E-state index >= 15 is 0 Å². The Labute approximate surface area is 176 Å². The molecule has 0 atom stereocenters. The number of nitrogen functional groups attached to an aromatic ring is 2. The Kier molecular flexibility index (Phi) is 6.68. The fraction of sp³-hybridized carbons (Fsp3) is 0.316. The highest BCUT2D eigenvalue weighted by Gasteiger charge is 2.81. The maximum atomic E-state index is 14.0. The van der Waals surface area contributed by atoms with Gasteiger partial charge in [-0.15, -0.1) is 0 Å². The predicted molar refractivity (Wildman–Crippen MR) is 97.2 cm³/mol. The Morgan fingerprint density at radius 1 is 0.750 bits per heavy atom. The van der Waals surface area contributed by atoms with Crippen molar-refractivity contribution in [1.29, 1.82) is 5.26 Å². The van der Waals surface area contributed by atoms with Crippen molar-refractivity contribution in [2.75, 3.05) is 24.7 Å². The van der Waals surface area contributed by atoms with Crippen LogP contribution in [0.4, 0.5) is 46.5 Å². The number of ether oxygens (including phenoxy) is 2. The minimum atomic E-state index is -6.54. The number of nitrogens with two attached hydrogens (primary N) is 2. The van der Waals surface area contributed by atoms with Crippen LogP contribution in [0.1, 0.15) is 5.56 Å². The molecule has 13 heteroatoms. The Bertz CT molecular complexity index is 991. The maximum absolute atomic E-state index is 14.0. The molecule has 0 unspecified atom stereocenters. The van der Waals surface area contributed by atoms with Gasteiger partial charge in [-0.1, -0.05) is 0 Å². The van der Waals surface area contributed by atoms with Crippen molar-refractivity contribution >= 4 is 11.4 Å². The van der Waals surface area contributed by atoms with Gasteiger partial charge in [0.05, 0.1) is 17.3 Å². The molecule has 0 radical (unpaired) electrons. The van der Waals surface area contributed by atoms with E-state index < -0.39 is 48.4 Å². The molecule has 0 aliphatic heterocycles. The van der Waals surface area contributed by atoms with Gasteiger partial charge in [0.2, 0.25) is 0 Å². The molecule has 32 heavy (non-hydrogen) atoms. The molecule has 0 heterocycles. The van der Waals surface area contributed by atoms with Crippen LogP contribution in [0.3, 0.4) is 0 Å². The molecule has 0 bridgehead atoms. The van der Waals surface area contributed by atoms with Crippen molar-refractivity contribution in [1.82, 2.24) is 0 Å². The number of nitriles is 1. The third-order valence-electron chi connectivity index (χ3n) is 4.16. The van der Waals surface area contributed by atoms with Gasteiger partial charge in [0.15, 0.2) is 13.2 Å². The fourth-order valence-corrected chi connectivity index (χ4v) is 2.31. The molecule has 0 spiro atoms. The number of hydrogen-bond donors (Lipinski definition) is 2. The van der Waals surface area contributed by atoms with Crippen LogP contribution in [0.15, 0.2) is 42.5 Å². The van der Waals surface area contributed by atoms with Gasteiger partial charge < -0.3 is 20.9 Å². The summed E-state index contributed by atoms with van der Waals surface area (Å²) >= 11 is 0. The summed E-state index contributed by atoms with van der Waals surface area (Å²) in [5, 5.41) is 8.62. The first-order valence-electron chi connectivity index (χ1n) is 8.56. The number of halogens is 8. The Hall–Kier alpha value is -3.43. The second-order valence-electron chi connectivity index (χ2n) is 6.57. The van der Waals surface area contributed by atoms with Crippen LogP contribution in [-0.4, -0.2) is 36.9 Å². The lowest BCUT2D eigenvalue weighted by molar-refractivity contribution is -0.371. The number of benzene rings is 2. The number of nitrogens with zero attached hydrogens (tertiary/aromatic N) is 1. The largest absolute Gasteiger partial charge is 0.487 e. The summed E-state index contributed by atoms with van der Waals surface area (Å²) in [6, 6.07) is 8.75. The number of hydrogen-bond acceptors (Lipinski definition) is 5. The first-order valence-corrected chi connectivity index (χ1v) is 8.56. The second-order valence-corrected chi connectivity index (χ2v) is 6.57. The lowest BCUT2D eigenvalue weighted by Gasteiger charge is -2.36. The standard InChI is InChI=1S/C19H15F8N3O2/c20-16(21,9-31-13-4-1-11(8-28)2-5-13)18(24,25)19(26,27)17(22,23)10-32-15-6-3-12(29)7-14(15)30/h1-7H,9-10,29-30H2. The highest BCUT2D eigenvalue weighted by molar-refractivity contribution is 5.60. The van der Waals surface area contributed by atoms with Crippen LogP contribution in [-0.2, 0) is 0 Å². The Morgan fingerprint density at radius 3 is 1.72 bits per heavy atom. The highest BCUT2D eigenvalue weighted by atomic mass is 19.4. The highest BCUT2D eigenvalue weighted by Crippen LogP contribution is 2.52. The molecule has 2 aromatic carbocycles. The average Bonchev–Trinajstić information content (AvgIpc) is 2.71. The van der Waals surface area contributed by atoms with E-state index in [1.54, 1.807) is 6.07 Å². The summed E-state index contributed by atoms with van der Waals surface area (Å²) in [6.07, 6.45) is 0. The summed E-state index contributed by atoms with van der Waals surface area (Å²) in [5.74, 6) is -25.6. The molecule has 5 nitrogen and oxygen atoms in total. The molecule has 0 fully saturated rings. The maximum Gasteiger partial charge on any atom is 0.381 e. The Balaban J connectivity index is 2.16. The van der Waals surface area contributed by atoms with Crippen LogP contribution in [0.25, 0.3) is 0 Å². The van der Waals surface area contributed by atoms with Gasteiger partial charge >= 0.3 is 23.7 Å². The van der Waals surface area contributed by atoms with Crippen molar-refractivity contribution in [3.63, 3.8) is 0 Å². The van der Waals surface area contributed by atoms with Crippen LogP contribution >= 0.6 is 0 Å². The first-order chi connectivity index (χ1) is 14.6. The molecule has 0 amide bonds. The minimum absolute atomic E-state index is 0.0698. The van der Waals surface area contributed by atoms with Crippen molar-refractivity contribution in [3.05, 3.63) is 48.0 Å². The van der Waals surface area contributed by atoms with Gasteiger partial charge in [0, 0.05) is 5.69 Å². The second kappa shape index (κ2) is 8.60. The van der Waals surface area contributed by atoms with Crippen molar-refractivity contribution < 1.29 is 44.6 Å². The van der Waals surface area contributed by atoms with E-state index in [2.05, 4.69) is 9.47 Å². The molecule has 0 aliphatic carbocycles. The normalized spacial score (nSPS) is 12.8. The van der Waals surface area contributed by atoms with Crippen LogP contribution in [0.5, 0.6) is 11.5 Å². The van der Waals surface area contributed by atoms with E-state index in [4.69, 9.17) is 16.7 Å². The molecule has 4 N–H and O–H groups in total. The Morgan fingerprint density at radius 2 is 1.25 bits per heavy atom. The monoisotopic (exact) mass is 469 g/mol. The SMILES string of the molecule is N#Cc1ccc(OCC(F)(F)C(F)(F)C(F)(F)C(F)(F)COc2ccc(N)cc2N)cc1. The molecular formula is C19H15F8N3O2. The molecule has 2 aromatic rings. The summed E-state index contributed by atoms with van der Waals surface area (Å²) in [5.41, 5.74) is 10.5. The molecular weight excluding hydrogens is 454 g/mol. The topological polar surface area (TPSA) is 94.3 Å². The van der Waals surface area contributed by atoms with Crippen molar-refractivity contribution in [2.24, 2.45) is 0 Å². The summed E-state index contributed by atoms with van der Waals surface area (Å²) < 4.78 is 120. The van der Waals surface area contributed by atoms with E-state index in [0.29, 0.717) is 0 Å². The molecule has 0 saturated heterocycles. The third-order valence-corrected chi connectivity index (χ3v) is 4.16. The smallest absolute Gasteiger partial charge is 0.381 e. The van der Waals surface area contributed by atoms with Gasteiger partial charge in [-0.2, -0.15) is 40.4 Å². The van der Waals surface area contributed by atoms with Crippen LogP contribution in [0.2, 0.25) is 0 Å². The van der Waals surface area contributed by atoms with E-state index in [0.717, 1.165) is 42.5 Å². The summed E-state index contributed by atoms with van der Waals surface area (Å²) in [6.45, 7) is -4.72. The molecule has 0 aromatic heterocycles. The predicted octanol–water partition coefficient (Wildman–Crippen LogP) is 4.72. The third kappa shape index (κ3) is 4.74. The van der Waals surface area contributed by atoms with Crippen molar-refractivity contribution in [2.45, 2.75) is 23.7 Å². The molecule has 0 aliphatic rings. The molecule has 174 valence electrons. The average molecular weight is 469 g/mol. The number of alkyl halides is 8. The van der Waals surface area contributed by atoms with E-state index in [9.17, 15) is 35.1 Å². The van der Waals surface area contributed by atoms with Gasteiger partial charge in [-0.3, -0.25) is 0 Å².